The molecule has 0 aliphatic heterocycles. The van der Waals surface area contributed by atoms with Crippen LogP contribution in [0.2, 0.25) is 0 Å². The Kier molecular flexibility index (Phi) is 2.88. The van der Waals surface area contributed by atoms with Crippen LogP contribution in [0.25, 0.3) is 11.5 Å². The van der Waals surface area contributed by atoms with E-state index in [0.29, 0.717) is 16.6 Å². The van der Waals surface area contributed by atoms with Crippen LogP contribution in [0.4, 0.5) is 11.0 Å². The number of anilines is 1. The number of nitro groups is 1. The number of carbonyl (C=O) groups excluding carboxylic acids is 1. The van der Waals surface area contributed by atoms with E-state index in [9.17, 15) is 14.9 Å². The molecule has 0 radical (unpaired) electrons. The van der Waals surface area contributed by atoms with E-state index in [1.54, 1.807) is 5.38 Å². The number of carbonyl (C=O) groups is 1. The van der Waals surface area contributed by atoms with Gasteiger partial charge in [0, 0.05) is 12.3 Å². The summed E-state index contributed by atoms with van der Waals surface area (Å²) in [5, 5.41) is 15.0. The van der Waals surface area contributed by atoms with Crippen LogP contribution in [-0.2, 0) is 4.79 Å². The van der Waals surface area contributed by atoms with E-state index in [1.807, 2.05) is 0 Å². The van der Waals surface area contributed by atoms with Gasteiger partial charge >= 0.3 is 5.88 Å². The molecule has 2 heterocycles. The number of nitrogens with one attached hydrogen (secondary N) is 1. The highest BCUT2D eigenvalue weighted by Crippen LogP contribution is 2.28. The first-order valence-corrected chi connectivity index (χ1v) is 5.42. The third-order valence-corrected chi connectivity index (χ3v) is 2.57. The first-order chi connectivity index (χ1) is 8.06. The van der Waals surface area contributed by atoms with Crippen molar-refractivity contribution in [1.29, 1.82) is 0 Å². The molecule has 7 nitrogen and oxygen atoms in total. The zero-order valence-electron chi connectivity index (χ0n) is 8.67. The van der Waals surface area contributed by atoms with Gasteiger partial charge in [-0.25, -0.2) is 4.98 Å². The molecule has 0 spiro atoms. The Hall–Kier alpha value is -2.22. The van der Waals surface area contributed by atoms with Crippen molar-refractivity contribution in [1.82, 2.24) is 4.98 Å². The molecule has 0 fully saturated rings. The minimum Gasteiger partial charge on any atom is -0.399 e. The minimum absolute atomic E-state index is 0.226. The van der Waals surface area contributed by atoms with Crippen LogP contribution in [0.1, 0.15) is 6.92 Å². The molecule has 0 unspecified atom stereocenters. The summed E-state index contributed by atoms with van der Waals surface area (Å²) < 4.78 is 4.98. The molecular formula is C9H7N3O4S. The van der Waals surface area contributed by atoms with E-state index in [4.69, 9.17) is 4.42 Å². The molecule has 0 bridgehead atoms. The molecular weight excluding hydrogens is 246 g/mol. The van der Waals surface area contributed by atoms with Crippen LogP contribution in [0.3, 0.4) is 0 Å². The Bertz CT molecular complexity index is 574. The lowest BCUT2D eigenvalue weighted by Crippen LogP contribution is -2.04. The second-order valence-electron chi connectivity index (χ2n) is 3.11. The van der Waals surface area contributed by atoms with Gasteiger partial charge in [0.25, 0.3) is 0 Å². The Morgan fingerprint density at radius 1 is 1.59 bits per heavy atom. The topological polar surface area (TPSA) is 98.3 Å². The number of hydrogen-bond acceptors (Lipinski definition) is 6. The maximum Gasteiger partial charge on any atom is 0.433 e. The van der Waals surface area contributed by atoms with Gasteiger partial charge in [-0.05, 0) is 6.07 Å². The van der Waals surface area contributed by atoms with Crippen LogP contribution in [0.5, 0.6) is 0 Å². The van der Waals surface area contributed by atoms with Crippen molar-refractivity contribution in [3.8, 4) is 11.5 Å². The first-order valence-electron chi connectivity index (χ1n) is 4.54. The van der Waals surface area contributed by atoms with Gasteiger partial charge in [0.2, 0.25) is 5.91 Å². The lowest BCUT2D eigenvalue weighted by atomic mass is 10.4. The third kappa shape index (κ3) is 2.48. The fourth-order valence-corrected chi connectivity index (χ4v) is 1.90. The molecule has 0 saturated heterocycles. The number of aromatic nitrogens is 1. The predicted molar refractivity (Wildman–Crippen MR) is 60.8 cm³/mol. The van der Waals surface area contributed by atoms with Crippen LogP contribution in [0.15, 0.2) is 21.9 Å². The summed E-state index contributed by atoms with van der Waals surface area (Å²) in [6.45, 7) is 1.37. The second-order valence-corrected chi connectivity index (χ2v) is 3.97. The average molecular weight is 253 g/mol. The highest BCUT2D eigenvalue weighted by Gasteiger charge is 2.15. The molecule has 0 aromatic carbocycles. The highest BCUT2D eigenvalue weighted by molar-refractivity contribution is 7.14. The number of amides is 1. The van der Waals surface area contributed by atoms with Gasteiger partial charge in [0.1, 0.15) is 10.6 Å². The van der Waals surface area contributed by atoms with Gasteiger partial charge in [0.05, 0.1) is 6.07 Å². The van der Waals surface area contributed by atoms with Crippen molar-refractivity contribution in [3.63, 3.8) is 0 Å². The average Bonchev–Trinajstić information content (AvgIpc) is 2.83. The molecule has 0 saturated carbocycles. The molecule has 1 amide bonds. The minimum atomic E-state index is -0.620. The van der Waals surface area contributed by atoms with E-state index in [0.717, 1.165) is 0 Å². The van der Waals surface area contributed by atoms with Gasteiger partial charge in [0.15, 0.2) is 10.9 Å². The van der Waals surface area contributed by atoms with Gasteiger partial charge < -0.3 is 9.73 Å². The number of furan rings is 1. The van der Waals surface area contributed by atoms with Gasteiger partial charge in [-0.1, -0.05) is 0 Å². The predicted octanol–water partition coefficient (Wildman–Crippen LogP) is 2.27. The molecule has 8 heteroatoms. The Morgan fingerprint density at radius 3 is 2.94 bits per heavy atom. The zero-order valence-corrected chi connectivity index (χ0v) is 9.48. The standard InChI is InChI=1S/C9H7N3O4S/c1-5(13)10-9-11-6(4-17-9)7-2-3-8(16-7)12(14)15/h2-4H,1H3,(H,10,11,13). The van der Waals surface area contributed by atoms with Crippen molar-refractivity contribution in [3.05, 3.63) is 27.6 Å². The van der Waals surface area contributed by atoms with Crippen molar-refractivity contribution in [2.45, 2.75) is 6.92 Å². The molecule has 2 rings (SSSR count). The number of nitrogens with zero attached hydrogens (tertiary/aromatic N) is 2. The van der Waals surface area contributed by atoms with E-state index in [2.05, 4.69) is 10.3 Å². The zero-order chi connectivity index (χ0) is 12.4. The van der Waals surface area contributed by atoms with Gasteiger partial charge in [-0.3, -0.25) is 14.9 Å². The maximum absolute atomic E-state index is 10.8. The Morgan fingerprint density at radius 2 is 2.35 bits per heavy atom. The molecule has 1 N–H and O–H groups in total. The third-order valence-electron chi connectivity index (χ3n) is 1.81. The number of hydrogen-bond donors (Lipinski definition) is 1. The summed E-state index contributed by atoms with van der Waals surface area (Å²) in [5.74, 6) is -0.269. The molecule has 2 aromatic heterocycles. The van der Waals surface area contributed by atoms with E-state index in [-0.39, 0.29) is 11.8 Å². The van der Waals surface area contributed by atoms with Crippen LogP contribution in [0, 0.1) is 10.1 Å². The second kappa shape index (κ2) is 4.34. The van der Waals surface area contributed by atoms with E-state index in [1.165, 1.54) is 30.4 Å². The maximum atomic E-state index is 10.8. The van der Waals surface area contributed by atoms with Crippen molar-refractivity contribution in [2.75, 3.05) is 5.32 Å². The Balaban J connectivity index is 2.24. The number of thiazole rings is 1. The van der Waals surface area contributed by atoms with Crippen LogP contribution in [-0.4, -0.2) is 15.8 Å². The van der Waals surface area contributed by atoms with Crippen molar-refractivity contribution < 1.29 is 14.1 Å². The summed E-state index contributed by atoms with van der Waals surface area (Å²) in [5.41, 5.74) is 0.451. The van der Waals surface area contributed by atoms with Crippen molar-refractivity contribution >= 4 is 28.3 Å². The van der Waals surface area contributed by atoms with E-state index < -0.39 is 4.92 Å². The highest BCUT2D eigenvalue weighted by atomic mass is 32.1. The molecule has 0 aliphatic rings. The van der Waals surface area contributed by atoms with Gasteiger partial charge in [-0.2, -0.15) is 0 Å². The lowest BCUT2D eigenvalue weighted by Gasteiger charge is -1.92. The molecule has 2 aromatic rings. The lowest BCUT2D eigenvalue weighted by molar-refractivity contribution is -0.401. The largest absolute Gasteiger partial charge is 0.433 e. The quantitative estimate of drug-likeness (QED) is 0.668. The normalized spacial score (nSPS) is 10.2. The fourth-order valence-electron chi connectivity index (χ4n) is 1.16. The molecule has 88 valence electrons. The monoisotopic (exact) mass is 253 g/mol. The number of rotatable bonds is 3. The van der Waals surface area contributed by atoms with Crippen LogP contribution >= 0.6 is 11.3 Å². The SMILES string of the molecule is CC(=O)Nc1nc(-c2ccc([N+](=O)[O-])o2)cs1. The van der Waals surface area contributed by atoms with Gasteiger partial charge in [-0.15, -0.1) is 11.3 Å². The summed E-state index contributed by atoms with van der Waals surface area (Å²) in [4.78, 5) is 24.7. The molecule has 17 heavy (non-hydrogen) atoms. The summed E-state index contributed by atoms with van der Waals surface area (Å²) in [6.07, 6.45) is 0. The molecule has 0 aliphatic carbocycles. The smallest absolute Gasteiger partial charge is 0.399 e. The van der Waals surface area contributed by atoms with Crippen molar-refractivity contribution in [2.24, 2.45) is 0 Å². The van der Waals surface area contributed by atoms with Crippen LogP contribution < -0.4 is 5.32 Å². The molecule has 0 atom stereocenters. The summed E-state index contributed by atoms with van der Waals surface area (Å²) in [6, 6.07) is 2.72. The van der Waals surface area contributed by atoms with E-state index >= 15 is 0 Å². The first kappa shape index (κ1) is 11.3. The summed E-state index contributed by atoms with van der Waals surface area (Å²) >= 11 is 1.22. The summed E-state index contributed by atoms with van der Waals surface area (Å²) in [7, 11) is 0. The fraction of sp³-hybridized carbons (Fsp3) is 0.111. The Labute approximate surface area is 99.2 Å².